The Hall–Kier alpha value is -3.91. The molecule has 1 saturated heterocycles. The summed E-state index contributed by atoms with van der Waals surface area (Å²) in [4.78, 5) is 31.2. The van der Waals surface area contributed by atoms with Crippen molar-refractivity contribution in [2.24, 2.45) is 13.0 Å². The van der Waals surface area contributed by atoms with Gasteiger partial charge in [0.15, 0.2) is 0 Å². The van der Waals surface area contributed by atoms with Crippen molar-refractivity contribution in [3.05, 3.63) is 96.5 Å². The molecular weight excluding hydrogens is 438 g/mol. The van der Waals surface area contributed by atoms with Crippen LogP contribution in [-0.4, -0.2) is 66.6 Å². The summed E-state index contributed by atoms with van der Waals surface area (Å²) in [6, 6.07) is 14.2. The van der Waals surface area contributed by atoms with E-state index in [9.17, 15) is 4.79 Å². The molecule has 3 aromatic heterocycles. The van der Waals surface area contributed by atoms with Gasteiger partial charge in [-0.3, -0.25) is 29.3 Å². The maximum atomic E-state index is 13.6. The molecule has 0 N–H and O–H groups in total. The predicted molar refractivity (Wildman–Crippen MR) is 133 cm³/mol. The number of aryl methyl sites for hydroxylation is 1. The standard InChI is InChI=1S/C27H29N7O/c1-32-20-24(15-31-32)26-14-23(7-8-30-26)27(35)34-12-11-33(17-21-5-3-2-4-6-21)18-22(19-34)13-25-16-28-9-10-29-25/h2-10,14-16,20,22H,11-13,17-19H2,1H3/t22-/m0/s1. The van der Waals surface area contributed by atoms with E-state index < -0.39 is 0 Å². The number of amides is 1. The molecular formula is C27H29N7O. The van der Waals surface area contributed by atoms with Crippen LogP contribution in [0.1, 0.15) is 21.6 Å². The molecule has 0 bridgehead atoms. The second kappa shape index (κ2) is 10.6. The fourth-order valence-corrected chi connectivity index (χ4v) is 4.67. The molecule has 1 atom stereocenters. The highest BCUT2D eigenvalue weighted by molar-refractivity contribution is 5.95. The van der Waals surface area contributed by atoms with Crippen molar-refractivity contribution in [1.82, 2.24) is 34.5 Å². The zero-order chi connectivity index (χ0) is 24.0. The highest BCUT2D eigenvalue weighted by Gasteiger charge is 2.27. The molecule has 0 unspecified atom stereocenters. The first kappa shape index (κ1) is 22.9. The Labute approximate surface area is 205 Å². The number of pyridine rings is 1. The van der Waals surface area contributed by atoms with E-state index in [1.165, 1.54) is 5.56 Å². The summed E-state index contributed by atoms with van der Waals surface area (Å²) in [5.41, 5.74) is 4.52. The van der Waals surface area contributed by atoms with Crippen LogP contribution in [-0.2, 0) is 20.0 Å². The summed E-state index contributed by atoms with van der Waals surface area (Å²) in [5.74, 6) is 0.282. The Morgan fingerprint density at radius 2 is 1.89 bits per heavy atom. The Morgan fingerprint density at radius 3 is 2.66 bits per heavy atom. The molecule has 178 valence electrons. The minimum atomic E-state index is 0.0308. The van der Waals surface area contributed by atoms with E-state index in [4.69, 9.17) is 0 Å². The first-order chi connectivity index (χ1) is 17.1. The summed E-state index contributed by atoms with van der Waals surface area (Å²) in [6.45, 7) is 3.92. The Morgan fingerprint density at radius 1 is 1.00 bits per heavy atom. The number of carbonyl (C=O) groups is 1. The molecule has 4 aromatic rings. The lowest BCUT2D eigenvalue weighted by Crippen LogP contribution is -2.36. The van der Waals surface area contributed by atoms with E-state index in [0.717, 1.165) is 43.0 Å². The van der Waals surface area contributed by atoms with Crippen LogP contribution < -0.4 is 0 Å². The molecule has 4 heterocycles. The van der Waals surface area contributed by atoms with Crippen LogP contribution >= 0.6 is 0 Å². The lowest BCUT2D eigenvalue weighted by molar-refractivity contribution is 0.0745. The fourth-order valence-electron chi connectivity index (χ4n) is 4.67. The number of benzene rings is 1. The fraction of sp³-hybridized carbons (Fsp3) is 0.296. The number of rotatable bonds is 6. The minimum absolute atomic E-state index is 0.0308. The largest absolute Gasteiger partial charge is 0.337 e. The van der Waals surface area contributed by atoms with E-state index in [2.05, 4.69) is 49.2 Å². The smallest absolute Gasteiger partial charge is 0.254 e. The van der Waals surface area contributed by atoms with Gasteiger partial charge in [-0.25, -0.2) is 0 Å². The number of nitrogens with zero attached hydrogens (tertiary/aromatic N) is 7. The predicted octanol–water partition coefficient (Wildman–Crippen LogP) is 3.09. The van der Waals surface area contributed by atoms with Gasteiger partial charge in [-0.1, -0.05) is 30.3 Å². The van der Waals surface area contributed by atoms with Gasteiger partial charge < -0.3 is 4.90 Å². The van der Waals surface area contributed by atoms with Crippen LogP contribution in [0.3, 0.4) is 0 Å². The highest BCUT2D eigenvalue weighted by atomic mass is 16.2. The average molecular weight is 468 g/mol. The molecule has 5 rings (SSSR count). The monoisotopic (exact) mass is 467 g/mol. The molecule has 8 nitrogen and oxygen atoms in total. The summed E-state index contributed by atoms with van der Waals surface area (Å²) in [5, 5.41) is 4.23. The van der Waals surface area contributed by atoms with E-state index >= 15 is 0 Å². The molecule has 1 aliphatic rings. The van der Waals surface area contributed by atoms with Crippen LogP contribution in [0.25, 0.3) is 11.3 Å². The lowest BCUT2D eigenvalue weighted by Gasteiger charge is -2.24. The van der Waals surface area contributed by atoms with Gasteiger partial charge >= 0.3 is 0 Å². The first-order valence-corrected chi connectivity index (χ1v) is 11.9. The topological polar surface area (TPSA) is 80.0 Å². The maximum Gasteiger partial charge on any atom is 0.254 e. The van der Waals surface area contributed by atoms with Gasteiger partial charge in [0.05, 0.1) is 17.6 Å². The van der Waals surface area contributed by atoms with Crippen LogP contribution in [0.5, 0.6) is 0 Å². The van der Waals surface area contributed by atoms with Crippen LogP contribution in [0.2, 0.25) is 0 Å². The van der Waals surface area contributed by atoms with Crippen LogP contribution in [0, 0.1) is 5.92 Å². The number of aromatic nitrogens is 5. The molecule has 35 heavy (non-hydrogen) atoms. The third kappa shape index (κ3) is 5.78. The van der Waals surface area contributed by atoms with Crippen LogP contribution in [0.4, 0.5) is 0 Å². The van der Waals surface area contributed by atoms with E-state index in [-0.39, 0.29) is 11.8 Å². The van der Waals surface area contributed by atoms with Gasteiger partial charge in [-0.15, -0.1) is 0 Å². The molecule has 0 radical (unpaired) electrons. The van der Waals surface area contributed by atoms with E-state index in [1.54, 1.807) is 35.5 Å². The zero-order valence-corrected chi connectivity index (χ0v) is 19.9. The average Bonchev–Trinajstić information content (AvgIpc) is 3.23. The van der Waals surface area contributed by atoms with Crippen molar-refractivity contribution >= 4 is 5.91 Å². The van der Waals surface area contributed by atoms with Gasteiger partial charge in [0.2, 0.25) is 0 Å². The first-order valence-electron chi connectivity index (χ1n) is 11.9. The van der Waals surface area contributed by atoms with E-state index in [0.29, 0.717) is 18.7 Å². The molecule has 1 aliphatic heterocycles. The van der Waals surface area contributed by atoms with Gasteiger partial charge in [0, 0.05) is 81.9 Å². The Kier molecular flexibility index (Phi) is 6.90. The van der Waals surface area contributed by atoms with Crippen molar-refractivity contribution in [1.29, 1.82) is 0 Å². The number of hydrogen-bond donors (Lipinski definition) is 0. The van der Waals surface area contributed by atoms with Gasteiger partial charge in [-0.05, 0) is 30.0 Å². The maximum absolute atomic E-state index is 13.6. The normalized spacial score (nSPS) is 16.7. The summed E-state index contributed by atoms with van der Waals surface area (Å²) < 4.78 is 1.73. The molecule has 0 spiro atoms. The quantitative estimate of drug-likeness (QED) is 0.434. The Bertz CT molecular complexity index is 1260. The number of carbonyl (C=O) groups excluding carboxylic acids is 1. The molecule has 1 aromatic carbocycles. The van der Waals surface area contributed by atoms with Crippen LogP contribution in [0.15, 0.2) is 79.6 Å². The highest BCUT2D eigenvalue weighted by Crippen LogP contribution is 2.21. The second-order valence-corrected chi connectivity index (χ2v) is 9.07. The lowest BCUT2D eigenvalue weighted by atomic mass is 10.0. The van der Waals surface area contributed by atoms with Gasteiger partial charge in [0.1, 0.15) is 0 Å². The molecule has 1 amide bonds. The van der Waals surface area contributed by atoms with Crippen molar-refractivity contribution in [2.45, 2.75) is 13.0 Å². The Balaban J connectivity index is 1.36. The zero-order valence-electron chi connectivity index (χ0n) is 19.9. The van der Waals surface area contributed by atoms with Gasteiger partial charge in [0.25, 0.3) is 5.91 Å². The summed E-state index contributed by atoms with van der Waals surface area (Å²) in [6.07, 6.45) is 11.4. The third-order valence-electron chi connectivity index (χ3n) is 6.34. The third-order valence-corrected chi connectivity index (χ3v) is 6.34. The van der Waals surface area contributed by atoms with Crippen molar-refractivity contribution in [2.75, 3.05) is 26.2 Å². The number of hydrogen-bond acceptors (Lipinski definition) is 6. The summed E-state index contributed by atoms with van der Waals surface area (Å²) in [7, 11) is 1.87. The van der Waals surface area contributed by atoms with Crippen molar-refractivity contribution < 1.29 is 4.79 Å². The second-order valence-electron chi connectivity index (χ2n) is 9.07. The summed E-state index contributed by atoms with van der Waals surface area (Å²) >= 11 is 0. The molecule has 8 heteroatoms. The molecule has 1 fully saturated rings. The van der Waals surface area contributed by atoms with Crippen molar-refractivity contribution in [3.63, 3.8) is 0 Å². The van der Waals surface area contributed by atoms with Crippen molar-refractivity contribution in [3.8, 4) is 11.3 Å². The van der Waals surface area contributed by atoms with E-state index in [1.807, 2.05) is 36.5 Å². The van der Waals surface area contributed by atoms with Gasteiger partial charge in [-0.2, -0.15) is 5.10 Å². The minimum Gasteiger partial charge on any atom is -0.337 e. The SMILES string of the molecule is Cn1cc(-c2cc(C(=O)N3CCN(Cc4ccccc4)C[C@H](Cc4cnccn4)C3)ccn2)cn1. The molecule has 0 saturated carbocycles. The molecule has 0 aliphatic carbocycles.